The fraction of sp³-hybridized carbons (Fsp3) is 0.235. The topological polar surface area (TPSA) is 47.6 Å². The standard InChI is InChI=1S/C17H13F6NO3/c1-2-15(16(25)27-24-14-6-3-9(18)7-13(14)20)26-10-4-5-11(12(19)8-10)17(21,22)23/h3-8,15,24H,2H2,1H3. The van der Waals surface area contributed by atoms with Crippen molar-refractivity contribution < 1.29 is 40.7 Å². The summed E-state index contributed by atoms with van der Waals surface area (Å²) in [5.74, 6) is -4.77. The van der Waals surface area contributed by atoms with Crippen LogP contribution in [0.1, 0.15) is 18.9 Å². The number of alkyl halides is 3. The summed E-state index contributed by atoms with van der Waals surface area (Å²) in [7, 11) is 0. The highest BCUT2D eigenvalue weighted by Gasteiger charge is 2.34. The summed E-state index contributed by atoms with van der Waals surface area (Å²) in [6.45, 7) is 1.50. The number of ether oxygens (including phenoxy) is 1. The van der Waals surface area contributed by atoms with Crippen LogP contribution in [0.15, 0.2) is 36.4 Å². The van der Waals surface area contributed by atoms with E-state index in [9.17, 15) is 31.1 Å². The Bertz CT molecular complexity index is 825. The molecule has 27 heavy (non-hydrogen) atoms. The quantitative estimate of drug-likeness (QED) is 0.563. The molecule has 10 heteroatoms. The second-order valence-electron chi connectivity index (χ2n) is 5.30. The SMILES string of the molecule is CCC(Oc1ccc(C(F)(F)F)c(F)c1)C(=O)ONc1ccc(F)cc1F. The van der Waals surface area contributed by atoms with E-state index in [1.54, 1.807) is 0 Å². The molecule has 1 atom stereocenters. The van der Waals surface area contributed by atoms with E-state index in [-0.39, 0.29) is 17.9 Å². The van der Waals surface area contributed by atoms with Gasteiger partial charge < -0.3 is 9.57 Å². The van der Waals surface area contributed by atoms with Crippen LogP contribution in [0.25, 0.3) is 0 Å². The van der Waals surface area contributed by atoms with E-state index < -0.39 is 41.3 Å². The third-order valence-corrected chi connectivity index (χ3v) is 3.35. The number of hydrogen-bond acceptors (Lipinski definition) is 4. The van der Waals surface area contributed by atoms with Crippen molar-refractivity contribution in [1.29, 1.82) is 0 Å². The van der Waals surface area contributed by atoms with Gasteiger partial charge >= 0.3 is 12.1 Å². The zero-order valence-corrected chi connectivity index (χ0v) is 13.7. The molecular weight excluding hydrogens is 380 g/mol. The van der Waals surface area contributed by atoms with Crippen LogP contribution in [0.4, 0.5) is 32.0 Å². The lowest BCUT2D eigenvalue weighted by atomic mass is 10.2. The molecule has 0 fully saturated rings. The molecule has 2 rings (SSSR count). The third kappa shape index (κ3) is 5.28. The van der Waals surface area contributed by atoms with Gasteiger partial charge in [0.2, 0.25) is 0 Å². The Kier molecular flexibility index (Phi) is 6.19. The molecule has 2 aromatic carbocycles. The molecule has 0 radical (unpaired) electrons. The highest BCUT2D eigenvalue weighted by atomic mass is 19.4. The second-order valence-corrected chi connectivity index (χ2v) is 5.30. The van der Waals surface area contributed by atoms with E-state index >= 15 is 0 Å². The van der Waals surface area contributed by atoms with Gasteiger partial charge in [0.05, 0.1) is 5.56 Å². The van der Waals surface area contributed by atoms with E-state index in [1.165, 1.54) is 6.92 Å². The molecule has 4 nitrogen and oxygen atoms in total. The van der Waals surface area contributed by atoms with Gasteiger partial charge in [0, 0.05) is 12.1 Å². The smallest absolute Gasteiger partial charge is 0.419 e. The average Bonchev–Trinajstić information content (AvgIpc) is 2.57. The summed E-state index contributed by atoms with van der Waals surface area (Å²) >= 11 is 0. The molecule has 0 aromatic heterocycles. The van der Waals surface area contributed by atoms with E-state index in [2.05, 4.69) is 4.84 Å². The molecule has 0 heterocycles. The van der Waals surface area contributed by atoms with Crippen molar-refractivity contribution in [1.82, 2.24) is 0 Å². The Morgan fingerprint density at radius 2 is 1.78 bits per heavy atom. The minimum absolute atomic E-state index is 0.0229. The molecule has 0 amide bonds. The first kappa shape index (κ1) is 20.4. The predicted octanol–water partition coefficient (Wildman–Crippen LogP) is 4.85. The van der Waals surface area contributed by atoms with Crippen LogP contribution in [-0.4, -0.2) is 12.1 Å². The van der Waals surface area contributed by atoms with Crippen LogP contribution in [0.2, 0.25) is 0 Å². The first-order chi connectivity index (χ1) is 12.6. The molecule has 0 saturated carbocycles. The summed E-state index contributed by atoms with van der Waals surface area (Å²) in [4.78, 5) is 16.6. The van der Waals surface area contributed by atoms with Crippen molar-refractivity contribution in [3.8, 4) is 5.75 Å². The maximum absolute atomic E-state index is 13.5. The van der Waals surface area contributed by atoms with Crippen LogP contribution in [0.3, 0.4) is 0 Å². The second kappa shape index (κ2) is 8.19. The van der Waals surface area contributed by atoms with Crippen molar-refractivity contribution in [3.63, 3.8) is 0 Å². The largest absolute Gasteiger partial charge is 0.479 e. The Labute approximate surface area is 149 Å². The molecule has 2 aromatic rings. The molecule has 1 unspecified atom stereocenters. The lowest BCUT2D eigenvalue weighted by Crippen LogP contribution is -2.30. The number of halogens is 6. The number of carbonyl (C=O) groups excluding carboxylic acids is 1. The van der Waals surface area contributed by atoms with Gasteiger partial charge in [-0.1, -0.05) is 6.92 Å². The van der Waals surface area contributed by atoms with Crippen molar-refractivity contribution in [2.24, 2.45) is 0 Å². The Morgan fingerprint density at radius 3 is 2.33 bits per heavy atom. The number of hydrogen-bond donors (Lipinski definition) is 1. The van der Waals surface area contributed by atoms with Crippen molar-refractivity contribution in [3.05, 3.63) is 59.4 Å². The summed E-state index contributed by atoms with van der Waals surface area (Å²) in [6.07, 6.45) is -6.15. The van der Waals surface area contributed by atoms with E-state index in [0.717, 1.165) is 18.2 Å². The van der Waals surface area contributed by atoms with Gasteiger partial charge in [-0.3, -0.25) is 0 Å². The Balaban J connectivity index is 2.03. The highest BCUT2D eigenvalue weighted by molar-refractivity contribution is 5.76. The Hall–Kier alpha value is -2.91. The van der Waals surface area contributed by atoms with Gasteiger partial charge in [0.15, 0.2) is 11.9 Å². The zero-order chi connectivity index (χ0) is 20.2. The molecular formula is C17H13F6NO3. The normalized spacial score (nSPS) is 12.4. The fourth-order valence-corrected chi connectivity index (χ4v) is 2.00. The van der Waals surface area contributed by atoms with Gasteiger partial charge in [-0.15, -0.1) is 0 Å². The molecule has 146 valence electrons. The van der Waals surface area contributed by atoms with Crippen LogP contribution < -0.4 is 10.2 Å². The number of nitrogens with one attached hydrogen (secondary N) is 1. The van der Waals surface area contributed by atoms with Crippen molar-refractivity contribution in [2.75, 3.05) is 5.48 Å². The minimum Gasteiger partial charge on any atom is -0.479 e. The summed E-state index contributed by atoms with van der Waals surface area (Å²) in [6, 6.07) is 4.31. The Morgan fingerprint density at radius 1 is 1.07 bits per heavy atom. The number of rotatable bonds is 6. The number of carbonyl (C=O) groups is 1. The first-order valence-electron chi connectivity index (χ1n) is 7.57. The maximum atomic E-state index is 13.5. The molecule has 0 aliphatic heterocycles. The monoisotopic (exact) mass is 393 g/mol. The van der Waals surface area contributed by atoms with Gasteiger partial charge in [0.25, 0.3) is 0 Å². The molecule has 0 saturated heterocycles. The van der Waals surface area contributed by atoms with E-state index in [1.807, 2.05) is 5.48 Å². The van der Waals surface area contributed by atoms with Crippen LogP contribution in [0, 0.1) is 17.5 Å². The highest BCUT2D eigenvalue weighted by Crippen LogP contribution is 2.33. The summed E-state index contributed by atoms with van der Waals surface area (Å²) < 4.78 is 82.6. The van der Waals surface area contributed by atoms with Gasteiger partial charge in [-0.2, -0.15) is 13.2 Å². The summed E-state index contributed by atoms with van der Waals surface area (Å²) in [5.41, 5.74) is 0.194. The predicted molar refractivity (Wildman–Crippen MR) is 82.2 cm³/mol. The van der Waals surface area contributed by atoms with E-state index in [0.29, 0.717) is 18.2 Å². The number of benzene rings is 2. The number of anilines is 1. The van der Waals surface area contributed by atoms with Crippen molar-refractivity contribution in [2.45, 2.75) is 25.6 Å². The van der Waals surface area contributed by atoms with Gasteiger partial charge in [-0.05, 0) is 30.7 Å². The molecule has 1 N–H and O–H groups in total. The summed E-state index contributed by atoms with van der Waals surface area (Å²) in [5, 5.41) is 0. The maximum Gasteiger partial charge on any atom is 0.419 e. The molecule has 0 aliphatic carbocycles. The first-order valence-corrected chi connectivity index (χ1v) is 7.57. The lowest BCUT2D eigenvalue weighted by molar-refractivity contribution is -0.149. The average molecular weight is 393 g/mol. The van der Waals surface area contributed by atoms with Crippen LogP contribution in [0.5, 0.6) is 5.75 Å². The minimum atomic E-state index is -4.87. The molecule has 0 spiro atoms. The van der Waals surface area contributed by atoms with Gasteiger partial charge in [0.1, 0.15) is 23.1 Å². The lowest BCUT2D eigenvalue weighted by Gasteiger charge is -2.17. The van der Waals surface area contributed by atoms with E-state index in [4.69, 9.17) is 4.74 Å². The zero-order valence-electron chi connectivity index (χ0n) is 13.7. The molecule has 0 aliphatic rings. The molecule has 0 bridgehead atoms. The van der Waals surface area contributed by atoms with Gasteiger partial charge in [-0.25, -0.2) is 23.4 Å². The van der Waals surface area contributed by atoms with Crippen LogP contribution >= 0.6 is 0 Å². The fourth-order valence-electron chi connectivity index (χ4n) is 2.00. The van der Waals surface area contributed by atoms with Crippen molar-refractivity contribution >= 4 is 11.7 Å². The third-order valence-electron chi connectivity index (χ3n) is 3.35. The van der Waals surface area contributed by atoms with Crippen LogP contribution in [-0.2, 0) is 15.8 Å².